The molecule has 0 aliphatic heterocycles. The van der Waals surface area contributed by atoms with Crippen molar-refractivity contribution in [2.45, 2.75) is 32.4 Å². The number of rotatable bonds is 3. The predicted molar refractivity (Wildman–Crippen MR) is 98.5 cm³/mol. The van der Waals surface area contributed by atoms with Crippen LogP contribution in [0.15, 0.2) is 40.1 Å². The predicted octanol–water partition coefficient (Wildman–Crippen LogP) is 2.77. The smallest absolute Gasteiger partial charge is 0.296 e. The molecule has 2 heterocycles. The van der Waals surface area contributed by atoms with Crippen molar-refractivity contribution in [2.75, 3.05) is 0 Å². The van der Waals surface area contributed by atoms with Crippen LogP contribution in [0.25, 0.3) is 10.9 Å². The van der Waals surface area contributed by atoms with E-state index in [1.807, 2.05) is 37.3 Å². The van der Waals surface area contributed by atoms with E-state index >= 15 is 0 Å². The van der Waals surface area contributed by atoms with E-state index in [9.17, 15) is 14.9 Å². The van der Waals surface area contributed by atoms with Crippen LogP contribution in [-0.4, -0.2) is 14.1 Å². The molecule has 1 aliphatic carbocycles. The maximum atomic E-state index is 12.7. The molecule has 0 amide bonds. The second-order valence-corrected chi connectivity index (χ2v) is 6.96. The zero-order valence-electron chi connectivity index (χ0n) is 14.1. The van der Waals surface area contributed by atoms with Gasteiger partial charge in [-0.05, 0) is 37.5 Å². The Morgan fingerprint density at radius 1 is 1.31 bits per heavy atom. The standard InChI is InChI=1S/C19H15ClN4O2/c1-11-2-3-12-7-13(17(20)22-16(12)6-11)9-24-18(25)14(8-21)10-23(19(24)26)15-4-5-15/h2-3,6-7,10,15H,4-5,9H2,1H3. The lowest BCUT2D eigenvalue weighted by molar-refractivity contribution is 0.587. The van der Waals surface area contributed by atoms with Crippen LogP contribution >= 0.6 is 11.6 Å². The molecule has 130 valence electrons. The minimum atomic E-state index is -0.602. The molecule has 1 saturated carbocycles. The SMILES string of the molecule is Cc1ccc2cc(Cn3c(=O)c(C#N)cn(C4CC4)c3=O)c(Cl)nc2c1. The summed E-state index contributed by atoms with van der Waals surface area (Å²) in [6.45, 7) is 1.95. The molecule has 1 aromatic carbocycles. The third kappa shape index (κ3) is 2.80. The van der Waals surface area contributed by atoms with Crippen molar-refractivity contribution in [1.29, 1.82) is 5.26 Å². The Hall–Kier alpha value is -2.91. The Morgan fingerprint density at radius 3 is 2.77 bits per heavy atom. The van der Waals surface area contributed by atoms with Crippen LogP contribution < -0.4 is 11.2 Å². The number of aryl methyl sites for hydroxylation is 1. The maximum Gasteiger partial charge on any atom is 0.331 e. The quantitative estimate of drug-likeness (QED) is 0.667. The summed E-state index contributed by atoms with van der Waals surface area (Å²) < 4.78 is 2.55. The summed E-state index contributed by atoms with van der Waals surface area (Å²) in [7, 11) is 0. The largest absolute Gasteiger partial charge is 0.331 e. The van der Waals surface area contributed by atoms with E-state index in [4.69, 9.17) is 11.6 Å². The molecule has 0 unspecified atom stereocenters. The second kappa shape index (κ2) is 6.11. The van der Waals surface area contributed by atoms with Gasteiger partial charge in [-0.25, -0.2) is 9.78 Å². The van der Waals surface area contributed by atoms with Gasteiger partial charge >= 0.3 is 5.69 Å². The minimum Gasteiger partial charge on any atom is -0.296 e. The van der Waals surface area contributed by atoms with Crippen molar-refractivity contribution < 1.29 is 0 Å². The van der Waals surface area contributed by atoms with E-state index < -0.39 is 11.2 Å². The molecule has 0 spiro atoms. The summed E-state index contributed by atoms with van der Waals surface area (Å²) >= 11 is 6.30. The van der Waals surface area contributed by atoms with Gasteiger partial charge in [0.2, 0.25) is 0 Å². The average molecular weight is 367 g/mol. The summed E-state index contributed by atoms with van der Waals surface area (Å²) in [6, 6.07) is 9.59. The molecule has 0 saturated heterocycles. The monoisotopic (exact) mass is 366 g/mol. The highest BCUT2D eigenvalue weighted by atomic mass is 35.5. The summed E-state index contributed by atoms with van der Waals surface area (Å²) in [5.41, 5.74) is 1.33. The molecular formula is C19H15ClN4O2. The van der Waals surface area contributed by atoms with Gasteiger partial charge in [-0.15, -0.1) is 0 Å². The Morgan fingerprint density at radius 2 is 2.08 bits per heavy atom. The summed E-state index contributed by atoms with van der Waals surface area (Å²) in [5.74, 6) is 0. The van der Waals surface area contributed by atoms with E-state index in [2.05, 4.69) is 4.98 Å². The molecule has 0 atom stereocenters. The number of pyridine rings is 1. The highest BCUT2D eigenvalue weighted by Crippen LogP contribution is 2.33. The number of hydrogen-bond acceptors (Lipinski definition) is 4. The van der Waals surface area contributed by atoms with Gasteiger partial charge < -0.3 is 0 Å². The fourth-order valence-corrected chi connectivity index (χ4v) is 3.24. The lowest BCUT2D eigenvalue weighted by Gasteiger charge is -2.12. The second-order valence-electron chi connectivity index (χ2n) is 6.60. The first kappa shape index (κ1) is 16.6. The van der Waals surface area contributed by atoms with Gasteiger partial charge in [-0.3, -0.25) is 13.9 Å². The third-order valence-corrected chi connectivity index (χ3v) is 4.91. The van der Waals surface area contributed by atoms with Gasteiger partial charge in [0.25, 0.3) is 5.56 Å². The van der Waals surface area contributed by atoms with Gasteiger partial charge in [0.15, 0.2) is 0 Å². The number of hydrogen-bond donors (Lipinski definition) is 0. The van der Waals surface area contributed by atoms with Gasteiger partial charge in [-0.1, -0.05) is 23.7 Å². The normalized spacial score (nSPS) is 13.7. The molecule has 2 aromatic heterocycles. The van der Waals surface area contributed by atoms with Crippen molar-refractivity contribution in [3.63, 3.8) is 0 Å². The zero-order valence-corrected chi connectivity index (χ0v) is 14.8. The topological polar surface area (TPSA) is 80.7 Å². The Kier molecular flexibility index (Phi) is 3.89. The number of fused-ring (bicyclic) bond motifs is 1. The van der Waals surface area contributed by atoms with Crippen molar-refractivity contribution in [1.82, 2.24) is 14.1 Å². The number of aromatic nitrogens is 3. The van der Waals surface area contributed by atoms with E-state index in [-0.39, 0.29) is 23.3 Å². The fourth-order valence-electron chi connectivity index (χ4n) is 3.03. The van der Waals surface area contributed by atoms with Gasteiger partial charge in [0.1, 0.15) is 16.8 Å². The summed E-state index contributed by atoms with van der Waals surface area (Å²) in [5, 5.41) is 10.4. The van der Waals surface area contributed by atoms with E-state index in [0.717, 1.165) is 33.9 Å². The average Bonchev–Trinajstić information content (AvgIpc) is 3.44. The molecule has 0 N–H and O–H groups in total. The highest BCUT2D eigenvalue weighted by Gasteiger charge is 2.27. The molecule has 6 nitrogen and oxygen atoms in total. The number of nitriles is 1. The molecule has 1 fully saturated rings. The number of benzene rings is 1. The first-order valence-electron chi connectivity index (χ1n) is 8.30. The first-order chi connectivity index (χ1) is 12.5. The Balaban J connectivity index is 1.86. The zero-order chi connectivity index (χ0) is 18.4. The van der Waals surface area contributed by atoms with Gasteiger partial charge in [0.05, 0.1) is 12.1 Å². The Labute approximate surface area is 153 Å². The van der Waals surface area contributed by atoms with Crippen LogP contribution in [-0.2, 0) is 6.54 Å². The van der Waals surface area contributed by atoms with Gasteiger partial charge in [-0.2, -0.15) is 5.26 Å². The maximum absolute atomic E-state index is 12.7. The van der Waals surface area contributed by atoms with E-state index in [0.29, 0.717) is 5.56 Å². The molecule has 26 heavy (non-hydrogen) atoms. The van der Waals surface area contributed by atoms with E-state index in [1.54, 1.807) is 0 Å². The number of nitrogens with zero attached hydrogens (tertiary/aromatic N) is 4. The Bertz CT molecular complexity index is 1200. The first-order valence-corrected chi connectivity index (χ1v) is 8.67. The van der Waals surface area contributed by atoms with Crippen molar-refractivity contribution in [2.24, 2.45) is 0 Å². The lowest BCUT2D eigenvalue weighted by atomic mass is 10.1. The van der Waals surface area contributed by atoms with Crippen LogP contribution in [0.2, 0.25) is 5.15 Å². The van der Waals surface area contributed by atoms with Crippen LogP contribution in [0.4, 0.5) is 0 Å². The van der Waals surface area contributed by atoms with E-state index in [1.165, 1.54) is 10.8 Å². The summed E-state index contributed by atoms with van der Waals surface area (Å²) in [4.78, 5) is 29.6. The number of halogens is 1. The molecule has 0 bridgehead atoms. The van der Waals surface area contributed by atoms with Crippen molar-refractivity contribution >= 4 is 22.5 Å². The van der Waals surface area contributed by atoms with Crippen molar-refractivity contribution in [3.8, 4) is 6.07 Å². The highest BCUT2D eigenvalue weighted by molar-refractivity contribution is 6.30. The molecule has 4 rings (SSSR count). The van der Waals surface area contributed by atoms with Gasteiger partial charge in [0, 0.05) is 23.2 Å². The molecule has 1 aliphatic rings. The molecule has 3 aromatic rings. The molecule has 7 heteroatoms. The fraction of sp³-hybridized carbons (Fsp3) is 0.263. The van der Waals surface area contributed by atoms with Crippen LogP contribution in [0.3, 0.4) is 0 Å². The molecular weight excluding hydrogens is 352 g/mol. The van der Waals surface area contributed by atoms with Crippen LogP contribution in [0.5, 0.6) is 0 Å². The third-order valence-electron chi connectivity index (χ3n) is 4.58. The van der Waals surface area contributed by atoms with Crippen LogP contribution in [0, 0.1) is 18.3 Å². The minimum absolute atomic E-state index is 0.0183. The van der Waals surface area contributed by atoms with Crippen LogP contribution in [0.1, 0.15) is 35.6 Å². The summed E-state index contributed by atoms with van der Waals surface area (Å²) in [6.07, 6.45) is 3.11. The van der Waals surface area contributed by atoms with Crippen molar-refractivity contribution in [3.05, 3.63) is 73.1 Å². The molecule has 0 radical (unpaired) electrons. The lowest BCUT2D eigenvalue weighted by Crippen LogP contribution is -2.41.